The fraction of sp³-hybridized carbons (Fsp3) is 0.111. The Morgan fingerprint density at radius 1 is 0.906 bits per heavy atom. The Bertz CT molecular complexity index is 1240. The molecule has 3 nitrogen and oxygen atoms in total. The molecule has 5 rings (SSSR count). The van der Waals surface area contributed by atoms with E-state index in [4.69, 9.17) is 4.98 Å². The first-order valence-electron chi connectivity index (χ1n) is 10.6. The molecule has 1 amide bonds. The van der Waals surface area contributed by atoms with Gasteiger partial charge in [0.15, 0.2) is 0 Å². The first-order chi connectivity index (χ1) is 15.7. The van der Waals surface area contributed by atoms with Crippen LogP contribution in [0.25, 0.3) is 11.3 Å². The predicted molar refractivity (Wildman–Crippen MR) is 128 cm³/mol. The summed E-state index contributed by atoms with van der Waals surface area (Å²) in [5, 5.41) is 0. The number of halogens is 1. The van der Waals surface area contributed by atoms with Crippen LogP contribution in [0.2, 0.25) is 0 Å². The average Bonchev–Trinajstić information content (AvgIpc) is 2.84. The number of carbonyl (C=O) groups excluding carboxylic acids is 1. The first kappa shape index (κ1) is 20.6. The van der Waals surface area contributed by atoms with Gasteiger partial charge in [-0.05, 0) is 0 Å². The van der Waals surface area contributed by atoms with Crippen LogP contribution in [0.3, 0.4) is 0 Å². The molecule has 2 heterocycles. The van der Waals surface area contributed by atoms with Gasteiger partial charge < -0.3 is 0 Å². The van der Waals surface area contributed by atoms with Gasteiger partial charge in [-0.2, -0.15) is 0 Å². The molecule has 3 aromatic carbocycles. The average molecular weight is 487 g/mol. The van der Waals surface area contributed by atoms with Gasteiger partial charge in [0.25, 0.3) is 0 Å². The Balaban J connectivity index is 1.62. The van der Waals surface area contributed by atoms with Crippen LogP contribution in [0.4, 0.5) is 10.2 Å². The summed E-state index contributed by atoms with van der Waals surface area (Å²) in [6.07, 6.45) is 1.80. The van der Waals surface area contributed by atoms with E-state index < -0.39 is 0 Å². The minimum atomic E-state index is -0.275. The van der Waals surface area contributed by atoms with E-state index in [0.29, 0.717) is 12.1 Å². The quantitative estimate of drug-likeness (QED) is 0.406. The van der Waals surface area contributed by atoms with Gasteiger partial charge in [-0.3, -0.25) is 0 Å². The van der Waals surface area contributed by atoms with Crippen LogP contribution >= 0.6 is 0 Å². The Kier molecular flexibility index (Phi) is 5.85. The maximum atomic E-state index is 13.6. The van der Waals surface area contributed by atoms with E-state index >= 15 is 0 Å². The van der Waals surface area contributed by atoms with Crippen LogP contribution in [0.15, 0.2) is 91.0 Å². The van der Waals surface area contributed by atoms with E-state index in [2.05, 4.69) is 18.2 Å². The molecule has 0 saturated heterocycles. The third kappa shape index (κ3) is 4.22. The third-order valence-electron chi connectivity index (χ3n) is 5.48. The zero-order chi connectivity index (χ0) is 21.9. The van der Waals surface area contributed by atoms with E-state index in [0.717, 1.165) is 39.9 Å². The van der Waals surface area contributed by atoms with Crippen molar-refractivity contribution in [3.8, 4) is 11.3 Å². The van der Waals surface area contributed by atoms with Crippen LogP contribution in [0.5, 0.6) is 0 Å². The number of pyridine rings is 1. The van der Waals surface area contributed by atoms with Crippen LogP contribution in [0.1, 0.15) is 22.3 Å². The predicted octanol–water partition coefficient (Wildman–Crippen LogP) is 4.14. The standard InChI is InChI=1S/C27H21FN2OSe/c28-22-15-13-19(14-16-22)25-24(32-23-11-5-2-6-12-23)18-21-10-7-17-30(26(21)29-25)27(31)20-8-3-1-4-9-20/h1-6,8-9,11-16,18H,7,10,17H2. The van der Waals surface area contributed by atoms with Crippen molar-refractivity contribution in [2.75, 3.05) is 11.4 Å². The number of hydrogen-bond acceptors (Lipinski definition) is 2. The van der Waals surface area contributed by atoms with Gasteiger partial charge >= 0.3 is 193 Å². The number of fused-ring (bicyclic) bond motifs is 1. The minimum absolute atomic E-state index is 0.0366. The number of hydrogen-bond donors (Lipinski definition) is 0. The van der Waals surface area contributed by atoms with E-state index in [1.165, 1.54) is 16.6 Å². The summed E-state index contributed by atoms with van der Waals surface area (Å²) in [4.78, 5) is 20.1. The van der Waals surface area contributed by atoms with E-state index in [-0.39, 0.29) is 26.7 Å². The first-order valence-corrected chi connectivity index (χ1v) is 12.3. The Morgan fingerprint density at radius 3 is 2.31 bits per heavy atom. The second-order valence-corrected chi connectivity index (χ2v) is 10.0. The number of benzene rings is 3. The summed E-state index contributed by atoms with van der Waals surface area (Å²) in [6, 6.07) is 28.3. The Morgan fingerprint density at radius 2 is 1.59 bits per heavy atom. The van der Waals surface area contributed by atoms with Gasteiger partial charge in [0.1, 0.15) is 0 Å². The molecule has 1 aromatic heterocycles. The van der Waals surface area contributed by atoms with Gasteiger partial charge in [0, 0.05) is 0 Å². The van der Waals surface area contributed by atoms with Crippen molar-refractivity contribution in [2.24, 2.45) is 0 Å². The topological polar surface area (TPSA) is 33.2 Å². The van der Waals surface area contributed by atoms with Crippen molar-refractivity contribution in [3.63, 3.8) is 0 Å². The molecule has 0 radical (unpaired) electrons. The van der Waals surface area contributed by atoms with Crippen molar-refractivity contribution in [3.05, 3.63) is 108 Å². The van der Waals surface area contributed by atoms with Crippen molar-refractivity contribution < 1.29 is 9.18 Å². The number of carbonyl (C=O) groups is 1. The zero-order valence-electron chi connectivity index (χ0n) is 17.4. The molecule has 0 saturated carbocycles. The monoisotopic (exact) mass is 488 g/mol. The van der Waals surface area contributed by atoms with Crippen LogP contribution in [0, 0.1) is 5.82 Å². The molecule has 0 unspecified atom stereocenters. The van der Waals surface area contributed by atoms with Crippen LogP contribution in [-0.4, -0.2) is 32.4 Å². The van der Waals surface area contributed by atoms with Crippen LogP contribution in [-0.2, 0) is 6.42 Å². The number of rotatable bonds is 4. The summed E-state index contributed by atoms with van der Waals surface area (Å²) in [5.41, 5.74) is 3.43. The van der Waals surface area contributed by atoms with Crippen molar-refractivity contribution in [1.29, 1.82) is 0 Å². The maximum absolute atomic E-state index is 13.6. The summed E-state index contributed by atoms with van der Waals surface area (Å²) in [6.45, 7) is 0.639. The van der Waals surface area contributed by atoms with Crippen LogP contribution < -0.4 is 13.8 Å². The Hall–Kier alpha value is -3.27. The second-order valence-electron chi connectivity index (χ2n) is 7.67. The molecule has 4 aromatic rings. The fourth-order valence-electron chi connectivity index (χ4n) is 3.92. The summed E-state index contributed by atoms with van der Waals surface area (Å²) >= 11 is 0.0404. The van der Waals surface area contributed by atoms with Gasteiger partial charge in [0.2, 0.25) is 0 Å². The van der Waals surface area contributed by atoms with Crippen molar-refractivity contribution >= 4 is 35.6 Å². The molecular weight excluding hydrogens is 466 g/mol. The second kappa shape index (κ2) is 9.07. The van der Waals surface area contributed by atoms with Gasteiger partial charge in [-0.15, -0.1) is 0 Å². The molecule has 0 N–H and O–H groups in total. The number of nitrogens with zero attached hydrogens (tertiary/aromatic N) is 2. The normalized spacial score (nSPS) is 13.0. The number of amides is 1. The molecule has 0 atom stereocenters. The number of aryl methyl sites for hydroxylation is 1. The molecule has 0 spiro atoms. The molecular formula is C27H21FN2OSe. The molecule has 0 bridgehead atoms. The number of aromatic nitrogens is 1. The Labute approximate surface area is 193 Å². The summed E-state index contributed by atoms with van der Waals surface area (Å²) in [7, 11) is 0. The van der Waals surface area contributed by atoms with E-state index in [1.807, 2.05) is 48.5 Å². The van der Waals surface area contributed by atoms with Gasteiger partial charge in [-0.1, -0.05) is 0 Å². The molecule has 0 fully saturated rings. The summed E-state index contributed by atoms with van der Waals surface area (Å²) < 4.78 is 16.0. The molecule has 5 heteroatoms. The van der Waals surface area contributed by atoms with E-state index in [9.17, 15) is 9.18 Å². The molecule has 0 aliphatic carbocycles. The molecule has 1 aliphatic heterocycles. The van der Waals surface area contributed by atoms with E-state index in [1.54, 1.807) is 17.0 Å². The third-order valence-corrected chi connectivity index (χ3v) is 7.66. The SMILES string of the molecule is O=C(c1ccccc1)N1CCCc2cc([Se]c3ccccc3)c(-c3ccc(F)cc3)nc21. The fourth-order valence-corrected chi connectivity index (χ4v) is 6.03. The van der Waals surface area contributed by atoms with Crippen molar-refractivity contribution in [2.45, 2.75) is 12.8 Å². The molecule has 1 aliphatic rings. The van der Waals surface area contributed by atoms with Gasteiger partial charge in [0.05, 0.1) is 0 Å². The van der Waals surface area contributed by atoms with Gasteiger partial charge in [-0.25, -0.2) is 0 Å². The molecule has 158 valence electrons. The van der Waals surface area contributed by atoms with Crippen molar-refractivity contribution in [1.82, 2.24) is 4.98 Å². The molecule has 32 heavy (non-hydrogen) atoms. The number of anilines is 1. The summed E-state index contributed by atoms with van der Waals surface area (Å²) in [5.74, 6) is 0.408. The zero-order valence-corrected chi connectivity index (χ0v) is 19.1.